The van der Waals surface area contributed by atoms with Crippen molar-refractivity contribution in [3.63, 3.8) is 0 Å². The van der Waals surface area contributed by atoms with Gasteiger partial charge in [-0.15, -0.1) is 0 Å². The van der Waals surface area contributed by atoms with Crippen molar-refractivity contribution in [2.45, 2.75) is 4.90 Å². The highest BCUT2D eigenvalue weighted by molar-refractivity contribution is 8.03. The van der Waals surface area contributed by atoms with Crippen molar-refractivity contribution in [3.8, 4) is 0 Å². The first-order chi connectivity index (χ1) is 7.25. The second-order valence-corrected chi connectivity index (χ2v) is 4.67. The van der Waals surface area contributed by atoms with Gasteiger partial charge in [-0.25, -0.2) is 4.98 Å². The average molecular weight is 214 g/mol. The number of hydrogen-bond donors (Lipinski definition) is 0. The van der Waals surface area contributed by atoms with E-state index in [-0.39, 0.29) is 0 Å². The molecule has 0 fully saturated rings. The van der Waals surface area contributed by atoms with Crippen molar-refractivity contribution in [1.82, 2.24) is 4.98 Å². The van der Waals surface area contributed by atoms with Gasteiger partial charge in [0.1, 0.15) is 5.82 Å². The van der Waals surface area contributed by atoms with E-state index in [0.29, 0.717) is 0 Å². The van der Waals surface area contributed by atoms with Gasteiger partial charge in [-0.05, 0) is 12.1 Å². The van der Waals surface area contributed by atoms with Crippen LogP contribution in [0, 0.1) is 0 Å². The van der Waals surface area contributed by atoms with Gasteiger partial charge < -0.3 is 4.90 Å². The minimum absolute atomic E-state index is 1.02. The number of nitrogens with zero attached hydrogens (tertiary/aromatic N) is 2. The van der Waals surface area contributed by atoms with E-state index in [1.165, 1.54) is 10.3 Å². The second-order valence-electron chi connectivity index (χ2n) is 3.56. The highest BCUT2D eigenvalue weighted by Gasteiger charge is 2.22. The number of hydrogen-bond acceptors (Lipinski definition) is 3. The summed E-state index contributed by atoms with van der Waals surface area (Å²) in [6, 6.07) is 10.4. The normalized spacial score (nSPS) is 14.7. The third-order valence-corrected chi connectivity index (χ3v) is 3.62. The van der Waals surface area contributed by atoms with E-state index in [9.17, 15) is 0 Å². The number of thioether (sulfide) groups is 1. The third kappa shape index (κ3) is 1.23. The summed E-state index contributed by atoms with van der Waals surface area (Å²) in [5.41, 5.74) is 1.04. The fourth-order valence-corrected chi connectivity index (χ4v) is 2.65. The van der Waals surface area contributed by atoms with Crippen molar-refractivity contribution >= 4 is 28.5 Å². The summed E-state index contributed by atoms with van der Waals surface area (Å²) in [6.45, 7) is 3.99. The molecule has 3 rings (SSSR count). The number of benzene rings is 1. The van der Waals surface area contributed by atoms with Crippen LogP contribution in [0.15, 0.2) is 46.8 Å². The van der Waals surface area contributed by atoms with Gasteiger partial charge in [0.15, 0.2) is 0 Å². The van der Waals surface area contributed by atoms with Gasteiger partial charge in [0.2, 0.25) is 0 Å². The molecule has 15 heavy (non-hydrogen) atoms. The van der Waals surface area contributed by atoms with Gasteiger partial charge in [0, 0.05) is 12.4 Å². The summed E-state index contributed by atoms with van der Waals surface area (Å²) in [7, 11) is 2.00. The van der Waals surface area contributed by atoms with Gasteiger partial charge in [-0.1, -0.05) is 36.5 Å². The number of rotatable bonds is 0. The standard InChI is InChI=1S/C12H10N2S/c1-8-14(2)12-11(15-8)7-9-5-3-4-6-10(9)13-12/h3-7H,1H2,2H3. The number of fused-ring (bicyclic) bond motifs is 2. The van der Waals surface area contributed by atoms with E-state index in [0.717, 1.165) is 16.4 Å². The summed E-state index contributed by atoms with van der Waals surface area (Å²) in [5.74, 6) is 1.02. The number of anilines is 1. The molecule has 0 bridgehead atoms. The predicted octanol–water partition coefficient (Wildman–Crippen LogP) is 3.25. The van der Waals surface area contributed by atoms with Crippen LogP contribution >= 0.6 is 11.8 Å². The smallest absolute Gasteiger partial charge is 0.147 e. The molecule has 0 radical (unpaired) electrons. The molecule has 0 amide bonds. The van der Waals surface area contributed by atoms with E-state index >= 15 is 0 Å². The molecule has 0 unspecified atom stereocenters. The Bertz CT molecular complexity index is 563. The topological polar surface area (TPSA) is 16.1 Å². The summed E-state index contributed by atoms with van der Waals surface area (Å²) >= 11 is 1.68. The van der Waals surface area contributed by atoms with Gasteiger partial charge in [-0.2, -0.15) is 0 Å². The second kappa shape index (κ2) is 3.00. The Morgan fingerprint density at radius 1 is 1.33 bits per heavy atom. The number of pyridine rings is 1. The average Bonchev–Trinajstić information content (AvgIpc) is 2.52. The van der Waals surface area contributed by atoms with E-state index in [1.54, 1.807) is 11.8 Å². The Labute approximate surface area is 92.6 Å². The lowest BCUT2D eigenvalue weighted by Gasteiger charge is -2.10. The predicted molar refractivity (Wildman–Crippen MR) is 65.1 cm³/mol. The molecule has 0 atom stereocenters. The molecule has 0 spiro atoms. The largest absolute Gasteiger partial charge is 0.323 e. The lowest BCUT2D eigenvalue weighted by molar-refractivity contribution is 1.11. The molecule has 3 heteroatoms. The maximum absolute atomic E-state index is 4.63. The van der Waals surface area contributed by atoms with Crippen LogP contribution in [0.25, 0.3) is 10.9 Å². The zero-order valence-corrected chi connectivity index (χ0v) is 9.21. The van der Waals surface area contributed by atoms with E-state index in [2.05, 4.69) is 23.7 Å². The van der Waals surface area contributed by atoms with Crippen molar-refractivity contribution < 1.29 is 0 Å². The molecule has 0 N–H and O–H groups in total. The van der Waals surface area contributed by atoms with Crippen molar-refractivity contribution in [3.05, 3.63) is 41.9 Å². The van der Waals surface area contributed by atoms with Crippen molar-refractivity contribution in [2.75, 3.05) is 11.9 Å². The summed E-state index contributed by atoms with van der Waals surface area (Å²) in [4.78, 5) is 7.86. The Morgan fingerprint density at radius 2 is 2.13 bits per heavy atom. The first-order valence-corrected chi connectivity index (χ1v) is 5.57. The van der Waals surface area contributed by atoms with Crippen LogP contribution in [0.1, 0.15) is 0 Å². The SMILES string of the molecule is C=C1Sc2cc3ccccc3nc2N1C. The molecule has 2 heterocycles. The van der Waals surface area contributed by atoms with Gasteiger partial charge >= 0.3 is 0 Å². The first kappa shape index (κ1) is 8.80. The lowest BCUT2D eigenvalue weighted by atomic mass is 10.2. The van der Waals surface area contributed by atoms with Gasteiger partial charge in [0.25, 0.3) is 0 Å². The van der Waals surface area contributed by atoms with E-state index in [1.807, 2.05) is 30.1 Å². The summed E-state index contributed by atoms with van der Waals surface area (Å²) in [6.07, 6.45) is 0. The summed E-state index contributed by atoms with van der Waals surface area (Å²) in [5, 5.41) is 2.22. The van der Waals surface area contributed by atoms with E-state index in [4.69, 9.17) is 0 Å². The molecule has 0 saturated carbocycles. The monoisotopic (exact) mass is 214 g/mol. The van der Waals surface area contributed by atoms with Crippen LogP contribution in [0.2, 0.25) is 0 Å². The van der Waals surface area contributed by atoms with Crippen LogP contribution in [0.5, 0.6) is 0 Å². The van der Waals surface area contributed by atoms with Crippen LogP contribution in [-0.2, 0) is 0 Å². The molecule has 1 aromatic heterocycles. The number of aromatic nitrogens is 1. The minimum atomic E-state index is 1.02. The maximum atomic E-state index is 4.63. The molecule has 1 aromatic carbocycles. The third-order valence-electron chi connectivity index (χ3n) is 2.59. The fourth-order valence-electron chi connectivity index (χ4n) is 1.72. The molecule has 2 aromatic rings. The molecular formula is C12H10N2S. The summed E-state index contributed by atoms with van der Waals surface area (Å²) < 4.78 is 0. The molecule has 1 aliphatic heterocycles. The zero-order valence-electron chi connectivity index (χ0n) is 8.40. The van der Waals surface area contributed by atoms with Gasteiger partial charge in [0.05, 0.1) is 15.4 Å². The lowest BCUT2D eigenvalue weighted by Crippen LogP contribution is -2.09. The molecule has 1 aliphatic rings. The Morgan fingerprint density at radius 3 is 3.00 bits per heavy atom. The Balaban J connectivity index is 2.32. The highest BCUT2D eigenvalue weighted by Crippen LogP contribution is 2.43. The Kier molecular flexibility index (Phi) is 1.76. The molecule has 0 aliphatic carbocycles. The molecule has 0 saturated heterocycles. The molecular weight excluding hydrogens is 204 g/mol. The Hall–Kier alpha value is -1.48. The number of para-hydroxylation sites is 1. The van der Waals surface area contributed by atoms with Crippen LogP contribution in [0.3, 0.4) is 0 Å². The molecule has 74 valence electrons. The minimum Gasteiger partial charge on any atom is -0.323 e. The van der Waals surface area contributed by atoms with Crippen LogP contribution < -0.4 is 4.90 Å². The van der Waals surface area contributed by atoms with Gasteiger partial charge in [-0.3, -0.25) is 0 Å². The maximum Gasteiger partial charge on any atom is 0.147 e. The first-order valence-electron chi connectivity index (χ1n) is 4.76. The van der Waals surface area contributed by atoms with Crippen molar-refractivity contribution in [1.29, 1.82) is 0 Å². The van der Waals surface area contributed by atoms with E-state index < -0.39 is 0 Å². The highest BCUT2D eigenvalue weighted by atomic mass is 32.2. The van der Waals surface area contributed by atoms with Crippen LogP contribution in [0.4, 0.5) is 5.82 Å². The fraction of sp³-hybridized carbons (Fsp3) is 0.0833. The quantitative estimate of drug-likeness (QED) is 0.669. The van der Waals surface area contributed by atoms with Crippen LogP contribution in [-0.4, -0.2) is 12.0 Å². The molecule has 2 nitrogen and oxygen atoms in total. The zero-order chi connectivity index (χ0) is 10.4. The van der Waals surface area contributed by atoms with Crippen molar-refractivity contribution in [2.24, 2.45) is 0 Å².